The molecule has 0 bridgehead atoms. The maximum atomic E-state index is 12.4. The molecule has 1 amide bonds. The van der Waals surface area contributed by atoms with Crippen molar-refractivity contribution in [3.63, 3.8) is 0 Å². The lowest BCUT2D eigenvalue weighted by Crippen LogP contribution is -2.51. The lowest BCUT2D eigenvalue weighted by atomic mass is 9.91. The average molecular weight is 311 g/mol. The van der Waals surface area contributed by atoms with E-state index in [2.05, 4.69) is 6.92 Å². The van der Waals surface area contributed by atoms with E-state index in [-0.39, 0.29) is 41.8 Å². The smallest absolute Gasteiger partial charge is 0.227 e. The van der Waals surface area contributed by atoms with Gasteiger partial charge in [-0.15, -0.1) is 12.4 Å². The number of halogens is 1. The number of carbonyl (C=O) groups is 1. The first kappa shape index (κ1) is 16.7. The van der Waals surface area contributed by atoms with Gasteiger partial charge in [0.2, 0.25) is 5.91 Å². The molecule has 0 aliphatic carbocycles. The minimum atomic E-state index is -2.99. The molecule has 2 rings (SSSR count). The zero-order valence-corrected chi connectivity index (χ0v) is 12.9. The lowest BCUT2D eigenvalue weighted by Gasteiger charge is -2.39. The van der Waals surface area contributed by atoms with E-state index in [1.807, 2.05) is 4.90 Å². The van der Waals surface area contributed by atoms with Crippen molar-refractivity contribution < 1.29 is 13.2 Å². The number of carbonyl (C=O) groups excluding carboxylic acids is 1. The summed E-state index contributed by atoms with van der Waals surface area (Å²) in [6, 6.07) is 0.0876. The van der Waals surface area contributed by atoms with Crippen LogP contribution < -0.4 is 5.73 Å². The summed E-state index contributed by atoms with van der Waals surface area (Å²) in [5.41, 5.74) is 5.73. The number of nitrogens with two attached hydrogens (primary N) is 1. The number of rotatable bonds is 2. The van der Waals surface area contributed by atoms with Gasteiger partial charge in [-0.05, 0) is 25.2 Å². The number of hydrogen-bond acceptors (Lipinski definition) is 4. The van der Waals surface area contributed by atoms with E-state index in [0.29, 0.717) is 18.9 Å². The molecule has 0 spiro atoms. The number of hydrogen-bond donors (Lipinski definition) is 1. The van der Waals surface area contributed by atoms with Gasteiger partial charge in [0.1, 0.15) is 0 Å². The van der Waals surface area contributed by atoms with E-state index in [0.717, 1.165) is 19.4 Å². The molecule has 0 aromatic heterocycles. The Morgan fingerprint density at radius 2 is 2.05 bits per heavy atom. The molecule has 2 fully saturated rings. The maximum Gasteiger partial charge on any atom is 0.227 e. The Hall–Kier alpha value is -0.330. The van der Waals surface area contributed by atoms with E-state index in [4.69, 9.17) is 5.73 Å². The van der Waals surface area contributed by atoms with Crippen molar-refractivity contribution in [1.29, 1.82) is 0 Å². The lowest BCUT2D eigenvalue weighted by molar-refractivity contribution is -0.138. The van der Waals surface area contributed by atoms with Crippen molar-refractivity contribution in [1.82, 2.24) is 4.90 Å². The Bertz CT molecular complexity index is 427. The highest BCUT2D eigenvalue weighted by molar-refractivity contribution is 7.91. The molecule has 0 radical (unpaired) electrons. The third-order valence-corrected chi connectivity index (χ3v) is 5.88. The van der Waals surface area contributed by atoms with Crippen LogP contribution in [0, 0.1) is 11.8 Å². The largest absolute Gasteiger partial charge is 0.338 e. The molecular formula is C12H23ClN2O3S. The molecule has 0 aromatic carbocycles. The van der Waals surface area contributed by atoms with Crippen LogP contribution in [-0.4, -0.2) is 49.9 Å². The van der Waals surface area contributed by atoms with Crippen LogP contribution in [0.5, 0.6) is 0 Å². The molecule has 0 aromatic rings. The number of amides is 1. The number of nitrogens with zero attached hydrogens (tertiary/aromatic N) is 1. The Balaban J connectivity index is 0.00000180. The molecule has 5 nitrogen and oxygen atoms in total. The summed E-state index contributed by atoms with van der Waals surface area (Å²) in [4.78, 5) is 14.2. The van der Waals surface area contributed by atoms with Crippen LogP contribution >= 0.6 is 12.4 Å². The van der Waals surface area contributed by atoms with Crippen LogP contribution in [0.3, 0.4) is 0 Å². The minimum Gasteiger partial charge on any atom is -0.338 e. The minimum absolute atomic E-state index is 0. The van der Waals surface area contributed by atoms with Gasteiger partial charge in [0.15, 0.2) is 9.84 Å². The zero-order valence-electron chi connectivity index (χ0n) is 11.2. The third-order valence-electron chi connectivity index (χ3n) is 4.11. The summed E-state index contributed by atoms with van der Waals surface area (Å²) in [6.45, 7) is 3.36. The van der Waals surface area contributed by atoms with Crippen molar-refractivity contribution in [2.75, 3.05) is 24.6 Å². The molecule has 7 heteroatoms. The van der Waals surface area contributed by atoms with Gasteiger partial charge in [-0.1, -0.05) is 6.92 Å². The first-order valence-electron chi connectivity index (χ1n) is 6.64. The van der Waals surface area contributed by atoms with Gasteiger partial charge >= 0.3 is 0 Å². The topological polar surface area (TPSA) is 80.5 Å². The van der Waals surface area contributed by atoms with E-state index in [1.165, 1.54) is 0 Å². The molecule has 3 atom stereocenters. The van der Waals surface area contributed by atoms with Crippen LogP contribution in [0.25, 0.3) is 0 Å². The van der Waals surface area contributed by atoms with Gasteiger partial charge in [-0.25, -0.2) is 8.42 Å². The van der Waals surface area contributed by atoms with Crippen molar-refractivity contribution in [3.05, 3.63) is 0 Å². The standard InChI is InChI=1S/C12H22N2O3S.ClH/c1-9-2-4-14(11(6-9)7-13)12(15)10-3-5-18(16,17)8-10;/h9-11H,2-8,13H2,1H3;1H. The fraction of sp³-hybridized carbons (Fsp3) is 0.917. The fourth-order valence-electron chi connectivity index (χ4n) is 2.99. The van der Waals surface area contributed by atoms with Gasteiger partial charge < -0.3 is 10.6 Å². The molecular weight excluding hydrogens is 288 g/mol. The maximum absolute atomic E-state index is 12.4. The van der Waals surface area contributed by atoms with Gasteiger partial charge in [0.25, 0.3) is 0 Å². The van der Waals surface area contributed by atoms with E-state index in [1.54, 1.807) is 0 Å². The first-order valence-corrected chi connectivity index (χ1v) is 8.46. The molecule has 3 unspecified atom stereocenters. The van der Waals surface area contributed by atoms with Crippen LogP contribution in [0.15, 0.2) is 0 Å². The van der Waals surface area contributed by atoms with Crippen LogP contribution in [0.2, 0.25) is 0 Å². The summed E-state index contributed by atoms with van der Waals surface area (Å²) in [5.74, 6) is 0.432. The number of likely N-dealkylation sites (tertiary alicyclic amines) is 1. The Morgan fingerprint density at radius 1 is 1.37 bits per heavy atom. The predicted molar refractivity (Wildman–Crippen MR) is 77.0 cm³/mol. The Kier molecular flexibility index (Phi) is 5.65. The van der Waals surface area contributed by atoms with E-state index >= 15 is 0 Å². The molecule has 112 valence electrons. The average Bonchev–Trinajstić information content (AvgIpc) is 2.68. The molecule has 2 N–H and O–H groups in total. The van der Waals surface area contributed by atoms with Crippen molar-refractivity contribution in [2.24, 2.45) is 17.6 Å². The van der Waals surface area contributed by atoms with Crippen LogP contribution in [0.4, 0.5) is 0 Å². The number of sulfone groups is 1. The third kappa shape index (κ3) is 3.83. The molecule has 19 heavy (non-hydrogen) atoms. The van der Waals surface area contributed by atoms with Gasteiger partial charge in [-0.3, -0.25) is 4.79 Å². The summed E-state index contributed by atoms with van der Waals surface area (Å²) in [7, 11) is -2.99. The van der Waals surface area contributed by atoms with Crippen molar-refractivity contribution in [2.45, 2.75) is 32.2 Å². The zero-order chi connectivity index (χ0) is 13.3. The van der Waals surface area contributed by atoms with Gasteiger partial charge in [0, 0.05) is 19.1 Å². The highest BCUT2D eigenvalue weighted by atomic mass is 35.5. The quantitative estimate of drug-likeness (QED) is 0.802. The highest BCUT2D eigenvalue weighted by Gasteiger charge is 2.38. The van der Waals surface area contributed by atoms with Crippen LogP contribution in [-0.2, 0) is 14.6 Å². The summed E-state index contributed by atoms with van der Waals surface area (Å²) in [5, 5.41) is 0. The molecule has 2 saturated heterocycles. The molecule has 0 saturated carbocycles. The normalized spacial score (nSPS) is 33.8. The second kappa shape index (κ2) is 6.41. The van der Waals surface area contributed by atoms with Gasteiger partial charge in [-0.2, -0.15) is 0 Å². The summed E-state index contributed by atoms with van der Waals surface area (Å²) in [6.07, 6.45) is 2.40. The second-order valence-corrected chi connectivity index (χ2v) is 7.88. The second-order valence-electron chi connectivity index (χ2n) is 5.65. The first-order chi connectivity index (χ1) is 8.43. The molecule has 2 aliphatic rings. The highest BCUT2D eigenvalue weighted by Crippen LogP contribution is 2.27. The monoisotopic (exact) mass is 310 g/mol. The Morgan fingerprint density at radius 3 is 2.58 bits per heavy atom. The molecule has 2 heterocycles. The fourth-order valence-corrected chi connectivity index (χ4v) is 4.72. The van der Waals surface area contributed by atoms with Crippen molar-refractivity contribution in [3.8, 4) is 0 Å². The summed E-state index contributed by atoms with van der Waals surface area (Å²) >= 11 is 0. The Labute approximate surface area is 121 Å². The molecule has 2 aliphatic heterocycles. The van der Waals surface area contributed by atoms with Gasteiger partial charge in [0.05, 0.1) is 17.4 Å². The van der Waals surface area contributed by atoms with Crippen LogP contribution in [0.1, 0.15) is 26.2 Å². The predicted octanol–water partition coefficient (Wildman–Crippen LogP) is 0.429. The van der Waals surface area contributed by atoms with E-state index < -0.39 is 9.84 Å². The van der Waals surface area contributed by atoms with E-state index in [9.17, 15) is 13.2 Å². The summed E-state index contributed by atoms with van der Waals surface area (Å²) < 4.78 is 22.9. The SMILES string of the molecule is CC1CCN(C(=O)C2CCS(=O)(=O)C2)C(CN)C1.Cl. The van der Waals surface area contributed by atoms with Crippen molar-refractivity contribution >= 4 is 28.2 Å². The number of piperidine rings is 1.